The van der Waals surface area contributed by atoms with Gasteiger partial charge in [0.25, 0.3) is 0 Å². The van der Waals surface area contributed by atoms with E-state index in [0.29, 0.717) is 49.9 Å². The lowest BCUT2D eigenvalue weighted by Crippen LogP contribution is -2.50. The molecule has 0 radical (unpaired) electrons. The average Bonchev–Trinajstić information content (AvgIpc) is 3.20. The molecule has 8 nitrogen and oxygen atoms in total. The minimum Gasteiger partial charge on any atom is -0.493 e. The predicted octanol–water partition coefficient (Wildman–Crippen LogP) is 2.27. The van der Waals surface area contributed by atoms with E-state index in [1.54, 1.807) is 23.1 Å². The molecule has 2 heterocycles. The molecule has 1 aromatic heterocycles. The Morgan fingerprint density at radius 2 is 2.21 bits per heavy atom. The van der Waals surface area contributed by atoms with Crippen LogP contribution < -0.4 is 10.5 Å². The topological polar surface area (TPSA) is 103 Å². The van der Waals surface area contributed by atoms with Crippen LogP contribution in [-0.2, 0) is 16.1 Å². The number of halogens is 1. The van der Waals surface area contributed by atoms with Crippen molar-refractivity contribution < 1.29 is 14.3 Å². The lowest BCUT2D eigenvalue weighted by Gasteiger charge is -2.42. The van der Waals surface area contributed by atoms with Crippen molar-refractivity contribution in [1.29, 1.82) is 0 Å². The molecule has 1 saturated heterocycles. The van der Waals surface area contributed by atoms with Gasteiger partial charge in [-0.2, -0.15) is 5.10 Å². The number of ether oxygens (including phenoxy) is 1. The molecular weight excluding hydrogens is 394 g/mol. The highest BCUT2D eigenvalue weighted by atomic mass is 35.5. The summed E-state index contributed by atoms with van der Waals surface area (Å²) >= 11 is 6.02. The number of benzene rings is 1. The largest absolute Gasteiger partial charge is 0.493 e. The summed E-state index contributed by atoms with van der Waals surface area (Å²) in [6, 6.07) is 7.13. The Balaban J connectivity index is 1.60. The van der Waals surface area contributed by atoms with Crippen molar-refractivity contribution in [2.24, 2.45) is 11.1 Å². The summed E-state index contributed by atoms with van der Waals surface area (Å²) in [6.07, 6.45) is 5.97. The summed E-state index contributed by atoms with van der Waals surface area (Å²) in [5.74, 6) is 0.319. The summed E-state index contributed by atoms with van der Waals surface area (Å²) in [5, 5.41) is 4.63. The van der Waals surface area contributed by atoms with Gasteiger partial charge < -0.3 is 15.4 Å². The van der Waals surface area contributed by atoms with Crippen molar-refractivity contribution in [2.45, 2.75) is 38.6 Å². The summed E-state index contributed by atoms with van der Waals surface area (Å²) < 4.78 is 7.65. The van der Waals surface area contributed by atoms with Crippen LogP contribution in [0.2, 0.25) is 5.02 Å². The van der Waals surface area contributed by atoms with Crippen LogP contribution in [0.3, 0.4) is 0 Å². The van der Waals surface area contributed by atoms with Gasteiger partial charge in [-0.3, -0.25) is 14.3 Å². The first-order valence-corrected chi connectivity index (χ1v) is 10.1. The van der Waals surface area contributed by atoms with Crippen molar-refractivity contribution in [3.05, 3.63) is 41.9 Å². The van der Waals surface area contributed by atoms with Crippen molar-refractivity contribution >= 4 is 23.4 Å². The molecule has 9 heteroatoms. The highest BCUT2D eigenvalue weighted by Gasteiger charge is 2.39. The normalized spacial score (nSPS) is 19.1. The van der Waals surface area contributed by atoms with E-state index in [0.717, 1.165) is 12.8 Å². The van der Waals surface area contributed by atoms with E-state index in [1.807, 2.05) is 17.0 Å². The molecule has 0 saturated carbocycles. The molecule has 2 aromatic rings. The van der Waals surface area contributed by atoms with Gasteiger partial charge in [-0.1, -0.05) is 17.7 Å². The van der Waals surface area contributed by atoms with Crippen LogP contribution in [0.4, 0.5) is 0 Å². The van der Waals surface area contributed by atoms with Crippen LogP contribution in [-0.4, -0.2) is 51.2 Å². The van der Waals surface area contributed by atoms with Crippen molar-refractivity contribution in [1.82, 2.24) is 19.7 Å². The fourth-order valence-electron chi connectivity index (χ4n) is 3.80. The van der Waals surface area contributed by atoms with Crippen LogP contribution in [0.15, 0.2) is 36.9 Å². The van der Waals surface area contributed by atoms with Gasteiger partial charge in [0.2, 0.25) is 11.8 Å². The lowest BCUT2D eigenvalue weighted by molar-refractivity contribution is -0.137. The van der Waals surface area contributed by atoms with Gasteiger partial charge in [0, 0.05) is 42.9 Å². The second kappa shape index (κ2) is 9.73. The van der Waals surface area contributed by atoms with Gasteiger partial charge >= 0.3 is 0 Å². The monoisotopic (exact) mass is 419 g/mol. The van der Waals surface area contributed by atoms with E-state index >= 15 is 0 Å². The molecule has 1 aliphatic heterocycles. The quantitative estimate of drug-likeness (QED) is 0.671. The molecule has 29 heavy (non-hydrogen) atoms. The number of primary amides is 1. The maximum absolute atomic E-state index is 12.7. The Kier molecular flexibility index (Phi) is 7.09. The Bertz CT molecular complexity index is 829. The first-order chi connectivity index (χ1) is 14.0. The van der Waals surface area contributed by atoms with Crippen LogP contribution in [0.1, 0.15) is 32.1 Å². The third-order valence-electron chi connectivity index (χ3n) is 5.15. The minimum atomic E-state index is -0.492. The van der Waals surface area contributed by atoms with Crippen molar-refractivity contribution in [3.8, 4) is 5.75 Å². The SMILES string of the molecule is NC(=O)CC1(COc2cccc(Cl)c2)CCCN(C(=O)CCCn2cncn2)C1. The van der Waals surface area contributed by atoms with Crippen LogP contribution >= 0.6 is 11.6 Å². The average molecular weight is 420 g/mol. The van der Waals surface area contributed by atoms with Crippen molar-refractivity contribution in [3.63, 3.8) is 0 Å². The number of likely N-dealkylation sites (tertiary alicyclic amines) is 1. The number of carbonyl (C=O) groups is 2. The standard InChI is InChI=1S/C20H26ClN5O3/c21-16-4-1-5-17(10-16)29-13-20(11-18(22)27)7-3-8-25(12-20)19(28)6-2-9-26-15-23-14-24-26/h1,4-5,10,14-15H,2-3,6-9,11-13H2,(H2,22,27). The van der Waals surface area contributed by atoms with Crippen LogP contribution in [0.25, 0.3) is 0 Å². The number of carbonyl (C=O) groups excluding carboxylic acids is 2. The lowest BCUT2D eigenvalue weighted by atomic mass is 9.77. The number of aryl methyl sites for hydroxylation is 1. The maximum atomic E-state index is 12.7. The number of aromatic nitrogens is 3. The zero-order valence-electron chi connectivity index (χ0n) is 16.3. The number of rotatable bonds is 9. The van der Waals surface area contributed by atoms with E-state index in [9.17, 15) is 9.59 Å². The van der Waals surface area contributed by atoms with Crippen LogP contribution in [0.5, 0.6) is 5.75 Å². The van der Waals surface area contributed by atoms with Gasteiger partial charge in [0.15, 0.2) is 0 Å². The first-order valence-electron chi connectivity index (χ1n) is 9.73. The van der Waals surface area contributed by atoms with E-state index in [-0.39, 0.29) is 18.2 Å². The summed E-state index contributed by atoms with van der Waals surface area (Å²) in [6.45, 7) is 2.08. The molecule has 0 bridgehead atoms. The molecule has 1 unspecified atom stereocenters. The van der Waals surface area contributed by atoms with Crippen molar-refractivity contribution in [2.75, 3.05) is 19.7 Å². The van der Waals surface area contributed by atoms with Gasteiger partial charge in [-0.25, -0.2) is 4.98 Å². The maximum Gasteiger partial charge on any atom is 0.222 e. The molecule has 1 aromatic carbocycles. The van der Waals surface area contributed by atoms with E-state index in [2.05, 4.69) is 10.1 Å². The Morgan fingerprint density at radius 3 is 2.93 bits per heavy atom. The molecule has 1 atom stereocenters. The number of nitrogens with two attached hydrogens (primary N) is 1. The molecule has 0 spiro atoms. The zero-order valence-corrected chi connectivity index (χ0v) is 17.1. The zero-order chi connectivity index (χ0) is 20.7. The molecule has 1 aliphatic rings. The fraction of sp³-hybridized carbons (Fsp3) is 0.500. The highest BCUT2D eigenvalue weighted by Crippen LogP contribution is 2.35. The molecule has 0 aliphatic carbocycles. The van der Waals surface area contributed by atoms with Gasteiger partial charge in [0.05, 0.1) is 6.61 Å². The number of amides is 2. The second-order valence-electron chi connectivity index (χ2n) is 7.57. The Morgan fingerprint density at radius 1 is 1.34 bits per heavy atom. The molecular formula is C20H26ClN5O3. The smallest absolute Gasteiger partial charge is 0.222 e. The van der Waals surface area contributed by atoms with E-state index < -0.39 is 5.41 Å². The molecule has 3 rings (SSSR count). The Labute approximate surface area is 175 Å². The first kappa shape index (κ1) is 21.1. The minimum absolute atomic E-state index is 0.0708. The summed E-state index contributed by atoms with van der Waals surface area (Å²) in [5.41, 5.74) is 5.03. The molecule has 2 amide bonds. The number of nitrogens with zero attached hydrogens (tertiary/aromatic N) is 4. The predicted molar refractivity (Wildman–Crippen MR) is 108 cm³/mol. The fourth-order valence-corrected chi connectivity index (χ4v) is 3.98. The molecule has 1 fully saturated rings. The van der Waals surface area contributed by atoms with E-state index in [1.165, 1.54) is 6.33 Å². The third-order valence-corrected chi connectivity index (χ3v) is 5.38. The highest BCUT2D eigenvalue weighted by molar-refractivity contribution is 6.30. The van der Waals surface area contributed by atoms with Gasteiger partial charge in [-0.15, -0.1) is 0 Å². The van der Waals surface area contributed by atoms with Crippen LogP contribution in [0, 0.1) is 5.41 Å². The molecule has 2 N–H and O–H groups in total. The molecule has 156 valence electrons. The van der Waals surface area contributed by atoms with E-state index in [4.69, 9.17) is 22.1 Å². The number of hydrogen-bond donors (Lipinski definition) is 1. The van der Waals surface area contributed by atoms with Gasteiger partial charge in [-0.05, 0) is 37.5 Å². The third kappa shape index (κ3) is 6.19. The summed E-state index contributed by atoms with van der Waals surface area (Å²) in [7, 11) is 0. The summed E-state index contributed by atoms with van der Waals surface area (Å²) in [4.78, 5) is 30.2. The number of piperidine rings is 1. The number of hydrogen-bond acceptors (Lipinski definition) is 5. The van der Waals surface area contributed by atoms with Gasteiger partial charge in [0.1, 0.15) is 18.4 Å². The Hall–Kier alpha value is -2.61. The second-order valence-corrected chi connectivity index (χ2v) is 8.01.